The van der Waals surface area contributed by atoms with E-state index in [9.17, 15) is 22.8 Å². The number of nitrogens with zero attached hydrogens (tertiary/aromatic N) is 3. The van der Waals surface area contributed by atoms with E-state index in [1.54, 1.807) is 29.3 Å². The van der Waals surface area contributed by atoms with E-state index < -0.39 is 22.9 Å². The Bertz CT molecular complexity index is 1230. The van der Waals surface area contributed by atoms with Gasteiger partial charge in [0.15, 0.2) is 6.29 Å². The van der Waals surface area contributed by atoms with Crippen LogP contribution in [0.5, 0.6) is 0 Å². The molecule has 10 heteroatoms. The minimum absolute atomic E-state index is 0.0469. The molecule has 2 N–H and O–H groups in total. The summed E-state index contributed by atoms with van der Waals surface area (Å²) >= 11 is -0.200. The summed E-state index contributed by atoms with van der Waals surface area (Å²) in [6.07, 6.45) is 1.99. The van der Waals surface area contributed by atoms with Crippen LogP contribution in [0.3, 0.4) is 0 Å². The molecule has 1 saturated heterocycles. The Morgan fingerprint density at radius 3 is 2.56 bits per heavy atom. The molecule has 2 aromatic carbocycles. The SMILES string of the molecule is CC1(C)C(C(=O)C=O)N(c2ccc(SC(F)(F)F)cc2)CN1Cc1ccnc2c(N)cccc12. The third-order valence-electron chi connectivity index (χ3n) is 6.16. The number of carbonyl (C=O) groups excluding carboxylic acids is 2. The fraction of sp³-hybridized carbons (Fsp3) is 0.292. The number of nitrogen functional groups attached to an aromatic ring is 1. The summed E-state index contributed by atoms with van der Waals surface area (Å²) in [6.45, 7) is 4.52. The van der Waals surface area contributed by atoms with E-state index in [2.05, 4.69) is 9.88 Å². The summed E-state index contributed by atoms with van der Waals surface area (Å²) in [5.41, 5.74) is 3.71. The lowest BCUT2D eigenvalue weighted by atomic mass is 9.90. The van der Waals surface area contributed by atoms with Gasteiger partial charge < -0.3 is 10.6 Å². The monoisotopic (exact) mass is 488 g/mol. The molecule has 1 fully saturated rings. The van der Waals surface area contributed by atoms with E-state index in [1.807, 2.05) is 32.0 Å². The second kappa shape index (κ2) is 8.92. The zero-order valence-electron chi connectivity index (χ0n) is 18.5. The first-order valence-electron chi connectivity index (χ1n) is 10.5. The lowest BCUT2D eigenvalue weighted by Crippen LogP contribution is -2.51. The van der Waals surface area contributed by atoms with Crippen molar-refractivity contribution in [2.75, 3.05) is 17.3 Å². The first kappa shape index (κ1) is 24.0. The molecule has 178 valence electrons. The maximum atomic E-state index is 12.7. The molecule has 0 aliphatic carbocycles. The van der Waals surface area contributed by atoms with Gasteiger partial charge in [-0.25, -0.2) is 0 Å². The molecular formula is C24H23F3N4O2S. The first-order chi connectivity index (χ1) is 16.0. The number of hydrogen-bond donors (Lipinski definition) is 1. The number of ketones is 1. The zero-order chi connectivity index (χ0) is 24.7. The van der Waals surface area contributed by atoms with Crippen LogP contribution in [0, 0.1) is 0 Å². The molecule has 4 rings (SSSR count). The summed E-state index contributed by atoms with van der Waals surface area (Å²) in [5.74, 6) is -0.593. The molecule has 0 bridgehead atoms. The number of fused-ring (bicyclic) bond motifs is 1. The number of nitrogens with two attached hydrogens (primary N) is 1. The second-order valence-electron chi connectivity index (χ2n) is 8.64. The zero-order valence-corrected chi connectivity index (χ0v) is 19.4. The van der Waals surface area contributed by atoms with Crippen LogP contribution in [-0.2, 0) is 16.1 Å². The summed E-state index contributed by atoms with van der Waals surface area (Å²) < 4.78 is 38.1. The molecule has 34 heavy (non-hydrogen) atoms. The summed E-state index contributed by atoms with van der Waals surface area (Å²) in [6, 6.07) is 12.5. The quantitative estimate of drug-likeness (QED) is 0.235. The number of hydrogen-bond acceptors (Lipinski definition) is 7. The highest BCUT2D eigenvalue weighted by molar-refractivity contribution is 8.00. The largest absolute Gasteiger partial charge is 0.446 e. The normalized spacial score (nSPS) is 18.4. The topological polar surface area (TPSA) is 79.5 Å². The van der Waals surface area contributed by atoms with Crippen LogP contribution < -0.4 is 10.6 Å². The van der Waals surface area contributed by atoms with Gasteiger partial charge in [-0.3, -0.25) is 19.5 Å². The van der Waals surface area contributed by atoms with E-state index in [4.69, 9.17) is 5.73 Å². The van der Waals surface area contributed by atoms with Gasteiger partial charge in [-0.15, -0.1) is 0 Å². The standard InChI is InChI=1S/C24H23F3N4O2S/c1-23(2)22(20(33)13-32)31(16-6-8-17(9-7-16)34-24(25,26)27)14-30(23)12-15-10-11-29-21-18(15)4-3-5-19(21)28/h3-11,13,22H,12,14,28H2,1-2H3. The molecule has 6 nitrogen and oxygen atoms in total. The highest BCUT2D eigenvalue weighted by Crippen LogP contribution is 2.40. The molecule has 1 aliphatic rings. The maximum Gasteiger partial charge on any atom is 0.446 e. The number of rotatable bonds is 6. The van der Waals surface area contributed by atoms with E-state index in [0.717, 1.165) is 10.9 Å². The average Bonchev–Trinajstić information content (AvgIpc) is 3.03. The van der Waals surface area contributed by atoms with Gasteiger partial charge in [-0.2, -0.15) is 13.2 Å². The number of halogens is 3. The predicted molar refractivity (Wildman–Crippen MR) is 126 cm³/mol. The smallest absolute Gasteiger partial charge is 0.397 e. The number of benzene rings is 2. The second-order valence-corrected chi connectivity index (χ2v) is 9.78. The Hall–Kier alpha value is -3.11. The Kier molecular flexibility index (Phi) is 6.30. The molecule has 1 aliphatic heterocycles. The van der Waals surface area contributed by atoms with Gasteiger partial charge in [0.05, 0.1) is 17.9 Å². The van der Waals surface area contributed by atoms with E-state index in [0.29, 0.717) is 36.4 Å². The molecule has 0 spiro atoms. The van der Waals surface area contributed by atoms with Crippen LogP contribution >= 0.6 is 11.8 Å². The average molecular weight is 489 g/mol. The molecular weight excluding hydrogens is 465 g/mol. The van der Waals surface area contributed by atoms with Crippen molar-refractivity contribution in [3.05, 3.63) is 60.3 Å². The van der Waals surface area contributed by atoms with Crippen LogP contribution in [0.1, 0.15) is 19.4 Å². The van der Waals surface area contributed by atoms with Crippen molar-refractivity contribution in [1.29, 1.82) is 0 Å². The third-order valence-corrected chi connectivity index (χ3v) is 6.90. The van der Waals surface area contributed by atoms with E-state index >= 15 is 0 Å². The van der Waals surface area contributed by atoms with Crippen molar-refractivity contribution in [1.82, 2.24) is 9.88 Å². The molecule has 3 aromatic rings. The minimum Gasteiger partial charge on any atom is -0.397 e. The van der Waals surface area contributed by atoms with Crippen molar-refractivity contribution in [2.24, 2.45) is 0 Å². The lowest BCUT2D eigenvalue weighted by molar-refractivity contribution is -0.131. The van der Waals surface area contributed by atoms with Crippen LogP contribution in [0.15, 0.2) is 59.6 Å². The van der Waals surface area contributed by atoms with Crippen LogP contribution in [0.2, 0.25) is 0 Å². The maximum absolute atomic E-state index is 12.7. The van der Waals surface area contributed by atoms with Crippen molar-refractivity contribution in [2.45, 2.75) is 42.4 Å². The molecule has 1 atom stereocenters. The van der Waals surface area contributed by atoms with Gasteiger partial charge in [-0.1, -0.05) is 12.1 Å². The highest BCUT2D eigenvalue weighted by atomic mass is 32.2. The van der Waals surface area contributed by atoms with Crippen LogP contribution in [0.25, 0.3) is 10.9 Å². The fourth-order valence-electron chi connectivity index (χ4n) is 4.49. The van der Waals surface area contributed by atoms with Gasteiger partial charge in [0, 0.05) is 34.2 Å². The van der Waals surface area contributed by atoms with E-state index in [1.165, 1.54) is 12.1 Å². The number of carbonyl (C=O) groups is 2. The number of para-hydroxylation sites is 1. The van der Waals surface area contributed by atoms with Crippen molar-refractivity contribution < 1.29 is 22.8 Å². The molecule has 0 amide bonds. The molecule has 2 heterocycles. The summed E-state index contributed by atoms with van der Waals surface area (Å²) in [7, 11) is 0. The highest BCUT2D eigenvalue weighted by Gasteiger charge is 2.50. The third kappa shape index (κ3) is 4.60. The molecule has 0 radical (unpaired) electrons. The number of Topliss-reactive ketones (excluding diaryl/α,β-unsaturated/α-hetero) is 1. The number of aromatic nitrogens is 1. The number of alkyl halides is 3. The number of thioether (sulfide) groups is 1. The number of pyridine rings is 1. The van der Waals surface area contributed by atoms with Crippen LogP contribution in [-0.4, -0.2) is 45.7 Å². The Morgan fingerprint density at radius 2 is 1.91 bits per heavy atom. The van der Waals surface area contributed by atoms with Crippen molar-refractivity contribution in [3.63, 3.8) is 0 Å². The Balaban J connectivity index is 1.68. The number of anilines is 2. The number of aldehydes is 1. The van der Waals surface area contributed by atoms with Gasteiger partial charge in [-0.05, 0) is 67.6 Å². The Labute approximate surface area is 198 Å². The first-order valence-corrected chi connectivity index (χ1v) is 11.3. The minimum atomic E-state index is -4.39. The molecule has 1 aromatic heterocycles. The predicted octanol–water partition coefficient (Wildman–Crippen LogP) is 4.62. The van der Waals surface area contributed by atoms with Gasteiger partial charge in [0.2, 0.25) is 5.78 Å². The Morgan fingerprint density at radius 1 is 1.21 bits per heavy atom. The summed E-state index contributed by atoms with van der Waals surface area (Å²) in [4.78, 5) is 32.4. The van der Waals surface area contributed by atoms with Gasteiger partial charge in [0.1, 0.15) is 6.04 Å². The lowest BCUT2D eigenvalue weighted by Gasteiger charge is -2.34. The molecule has 0 saturated carbocycles. The van der Waals surface area contributed by atoms with Crippen molar-refractivity contribution >= 4 is 46.1 Å². The fourth-order valence-corrected chi connectivity index (χ4v) is 5.03. The molecule has 1 unspecified atom stereocenters. The van der Waals surface area contributed by atoms with Crippen LogP contribution in [0.4, 0.5) is 24.5 Å². The van der Waals surface area contributed by atoms with Gasteiger partial charge >= 0.3 is 5.51 Å². The van der Waals surface area contributed by atoms with Crippen molar-refractivity contribution in [3.8, 4) is 0 Å². The summed E-state index contributed by atoms with van der Waals surface area (Å²) in [5, 5.41) is 0.892. The van der Waals surface area contributed by atoms with E-state index in [-0.39, 0.29) is 16.7 Å². The van der Waals surface area contributed by atoms with Gasteiger partial charge in [0.25, 0.3) is 0 Å².